The fourth-order valence-electron chi connectivity index (χ4n) is 9.09. The van der Waals surface area contributed by atoms with Gasteiger partial charge in [0.2, 0.25) is 23.6 Å². The second-order valence-electron chi connectivity index (χ2n) is 18.0. The van der Waals surface area contributed by atoms with Gasteiger partial charge in [-0.25, -0.2) is 0 Å². The van der Waals surface area contributed by atoms with Crippen LogP contribution in [-0.4, -0.2) is 191 Å². The molecule has 4 amide bonds. The molecule has 6 radical (unpaired) electrons. The number of hydrogen-bond acceptors (Lipinski definition) is 14. The predicted octanol–water partition coefficient (Wildman–Crippen LogP) is -0.713. The number of aliphatic hydroxyl groups excluding tert-OH is 4. The lowest BCUT2D eigenvalue weighted by Gasteiger charge is -2.43. The van der Waals surface area contributed by atoms with Crippen LogP contribution >= 0.6 is 0 Å². The van der Waals surface area contributed by atoms with Crippen molar-refractivity contribution in [1.29, 1.82) is 0 Å². The molecule has 16 atom stereocenters. The number of amides is 4. The molecule has 358 valence electrons. The van der Waals surface area contributed by atoms with E-state index in [-0.39, 0.29) is 55.7 Å². The minimum absolute atomic E-state index is 0.0413. The summed E-state index contributed by atoms with van der Waals surface area (Å²) in [5.74, 6) is -4.17. The summed E-state index contributed by atoms with van der Waals surface area (Å²) in [6.07, 6.45) is -0.207. The molecule has 0 bridgehead atoms. The summed E-state index contributed by atoms with van der Waals surface area (Å²) in [6, 6.07) is -1.75. The molecular weight excluding hydrogens is 827 g/mol. The van der Waals surface area contributed by atoms with Gasteiger partial charge in [0, 0.05) is 33.2 Å². The first kappa shape index (κ1) is 55.7. The Kier molecular flexibility index (Phi) is 24.3. The summed E-state index contributed by atoms with van der Waals surface area (Å²) in [5.41, 5.74) is 0. The van der Waals surface area contributed by atoms with Crippen molar-refractivity contribution in [2.75, 3.05) is 39.6 Å². The fraction of sp³-hybridized carbons (Fsp3) is 0.884. The third-order valence-electron chi connectivity index (χ3n) is 12.7. The van der Waals surface area contributed by atoms with Gasteiger partial charge in [0.15, 0.2) is 5.78 Å². The summed E-state index contributed by atoms with van der Waals surface area (Å²) in [7, 11) is 18.8. The molecular formula is C43H74B3N5O13. The van der Waals surface area contributed by atoms with Crippen LogP contribution in [-0.2, 0) is 42.9 Å². The zero-order valence-corrected chi connectivity index (χ0v) is 38.7. The van der Waals surface area contributed by atoms with Crippen LogP contribution in [0.25, 0.3) is 0 Å². The first-order valence-electron chi connectivity index (χ1n) is 23.1. The Hall–Kier alpha value is -2.62. The first-order valence-corrected chi connectivity index (χ1v) is 23.1. The van der Waals surface area contributed by atoms with Gasteiger partial charge < -0.3 is 65.5 Å². The number of aliphatic hydroxyl groups is 4. The Morgan fingerprint density at radius 3 is 1.45 bits per heavy atom. The van der Waals surface area contributed by atoms with Gasteiger partial charge in [-0.2, -0.15) is 0 Å². The van der Waals surface area contributed by atoms with Crippen molar-refractivity contribution in [3.05, 3.63) is 0 Å². The molecule has 0 aromatic carbocycles. The van der Waals surface area contributed by atoms with E-state index in [9.17, 15) is 44.4 Å². The highest BCUT2D eigenvalue weighted by Gasteiger charge is 2.43. The number of carbonyl (C=O) groups excluding carboxylic acids is 5. The number of nitrogens with one attached hydrogen (secondary N) is 4. The predicted molar refractivity (Wildman–Crippen MR) is 240 cm³/mol. The van der Waals surface area contributed by atoms with Gasteiger partial charge in [0.25, 0.3) is 0 Å². The molecule has 16 unspecified atom stereocenters. The van der Waals surface area contributed by atoms with E-state index < -0.39 is 103 Å². The highest BCUT2D eigenvalue weighted by Crippen LogP contribution is 2.33. The van der Waals surface area contributed by atoms with Gasteiger partial charge in [-0.1, -0.05) is 12.8 Å². The maximum atomic E-state index is 14.0. The van der Waals surface area contributed by atoms with E-state index in [1.807, 2.05) is 0 Å². The van der Waals surface area contributed by atoms with E-state index in [2.05, 4.69) is 21.3 Å². The van der Waals surface area contributed by atoms with Crippen LogP contribution in [0.3, 0.4) is 0 Å². The average Bonchev–Trinajstić information content (AvgIpc) is 3.23. The Morgan fingerprint density at radius 2 is 1.05 bits per heavy atom. The summed E-state index contributed by atoms with van der Waals surface area (Å²) in [4.78, 5) is 65.0. The van der Waals surface area contributed by atoms with Crippen molar-refractivity contribution >= 4 is 53.0 Å². The van der Waals surface area contributed by atoms with Crippen LogP contribution in [0.2, 0.25) is 17.5 Å². The SMILES string of the molecule is [B]C1C(O)C(C)OC(CCCCNCC(=O)N(CCCCC2OC(C)C(O)C([B])C2NC(C)=O)CC(=O)C(CCCCC2OC(C)C(O)C([B])C2NC(C)=O)COCO)C1NC(C)=O. The van der Waals surface area contributed by atoms with E-state index in [4.69, 9.17) is 42.5 Å². The molecule has 3 fully saturated rings. The fourth-order valence-corrected chi connectivity index (χ4v) is 9.09. The van der Waals surface area contributed by atoms with Crippen LogP contribution < -0.4 is 21.3 Å². The van der Waals surface area contributed by atoms with Gasteiger partial charge >= 0.3 is 0 Å². The molecule has 3 saturated heterocycles. The largest absolute Gasteiger partial charge is 0.391 e. The summed E-state index contributed by atoms with van der Waals surface area (Å²) in [5, 5.41) is 52.5. The third-order valence-corrected chi connectivity index (χ3v) is 12.7. The number of carbonyl (C=O) groups is 5. The van der Waals surface area contributed by atoms with Gasteiger partial charge in [-0.05, 0) is 96.1 Å². The van der Waals surface area contributed by atoms with E-state index in [0.29, 0.717) is 70.8 Å². The van der Waals surface area contributed by atoms with Crippen molar-refractivity contribution in [3.63, 3.8) is 0 Å². The smallest absolute Gasteiger partial charge is 0.236 e. The molecule has 21 heteroatoms. The summed E-state index contributed by atoms with van der Waals surface area (Å²) in [6.45, 7) is 9.16. The number of nitrogens with zero attached hydrogens (tertiary/aromatic N) is 1. The number of ether oxygens (including phenoxy) is 4. The van der Waals surface area contributed by atoms with Gasteiger partial charge in [-0.15, -0.1) is 0 Å². The Morgan fingerprint density at radius 1 is 0.641 bits per heavy atom. The standard InChI is InChI=1S/C43H74B3N5O13/c1-23-41(58)35(44)38(48-26(4)53)31(62-23)14-8-7-13-29(21-61-22-52)30(56)20-51(18-12-10-16-33-40(50-28(6)55)37(46)43(60)25(3)64-33)34(57)19-47-17-11-9-15-32-39(49-27(5)54)36(45)42(59)24(2)63-32/h23-25,29,31-33,35-43,47,52,58-60H,7-22H2,1-6H3,(H,48,53)(H,49,54)(H,50,55). The molecule has 3 rings (SSSR count). The van der Waals surface area contributed by atoms with Crippen molar-refractivity contribution in [1.82, 2.24) is 26.2 Å². The molecule has 0 aromatic heterocycles. The maximum absolute atomic E-state index is 14.0. The Balaban J connectivity index is 1.63. The minimum atomic E-state index is -0.961. The van der Waals surface area contributed by atoms with E-state index in [0.717, 1.165) is 0 Å². The van der Waals surface area contributed by atoms with Crippen molar-refractivity contribution in [2.24, 2.45) is 5.92 Å². The molecule has 0 aromatic rings. The van der Waals surface area contributed by atoms with E-state index in [1.54, 1.807) is 20.8 Å². The minimum Gasteiger partial charge on any atom is -0.391 e. The van der Waals surface area contributed by atoms with Crippen molar-refractivity contribution in [2.45, 2.75) is 196 Å². The first-order chi connectivity index (χ1) is 30.3. The summed E-state index contributed by atoms with van der Waals surface area (Å²) >= 11 is 0. The second kappa shape index (κ2) is 27.9. The molecule has 0 aliphatic carbocycles. The highest BCUT2D eigenvalue weighted by atomic mass is 16.6. The van der Waals surface area contributed by atoms with E-state index >= 15 is 0 Å². The van der Waals surface area contributed by atoms with Crippen LogP contribution in [0.15, 0.2) is 0 Å². The molecule has 3 aliphatic rings. The Bertz CT molecular complexity index is 1480. The zero-order valence-electron chi connectivity index (χ0n) is 38.7. The number of unbranched alkanes of at least 4 members (excludes halogenated alkanes) is 3. The van der Waals surface area contributed by atoms with Crippen LogP contribution in [0, 0.1) is 5.92 Å². The monoisotopic (exact) mass is 902 g/mol. The third kappa shape index (κ3) is 17.2. The lowest BCUT2D eigenvalue weighted by Crippen LogP contribution is -2.57. The number of Topliss-reactive ketones (excluding diaryl/α,β-unsaturated/α-hetero) is 1. The molecule has 18 nitrogen and oxygen atoms in total. The summed E-state index contributed by atoms with van der Waals surface area (Å²) < 4.78 is 23.4. The number of rotatable bonds is 26. The molecule has 3 aliphatic heterocycles. The molecule has 0 saturated carbocycles. The van der Waals surface area contributed by atoms with E-state index in [1.165, 1.54) is 25.7 Å². The van der Waals surface area contributed by atoms with Crippen LogP contribution in [0.5, 0.6) is 0 Å². The quantitative estimate of drug-likeness (QED) is 0.0304. The lowest BCUT2D eigenvalue weighted by atomic mass is 9.70. The maximum Gasteiger partial charge on any atom is 0.236 e. The number of ketones is 1. The van der Waals surface area contributed by atoms with Crippen LogP contribution in [0.4, 0.5) is 0 Å². The second-order valence-corrected chi connectivity index (χ2v) is 18.0. The van der Waals surface area contributed by atoms with Gasteiger partial charge in [0.1, 0.15) is 6.79 Å². The molecule has 8 N–H and O–H groups in total. The molecule has 64 heavy (non-hydrogen) atoms. The molecule has 3 heterocycles. The van der Waals surface area contributed by atoms with Crippen molar-refractivity contribution in [3.8, 4) is 0 Å². The van der Waals surface area contributed by atoms with Crippen molar-refractivity contribution < 1.29 is 63.3 Å². The average molecular weight is 902 g/mol. The zero-order chi connectivity index (χ0) is 47.7. The van der Waals surface area contributed by atoms with Gasteiger partial charge in [0.05, 0.1) is 116 Å². The Labute approximate surface area is 383 Å². The number of hydrogen-bond donors (Lipinski definition) is 8. The highest BCUT2D eigenvalue weighted by molar-refractivity contribution is 6.13. The normalized spacial score (nSPS) is 33.4. The topological polar surface area (TPSA) is 255 Å². The van der Waals surface area contributed by atoms with Crippen LogP contribution in [0.1, 0.15) is 106 Å². The van der Waals surface area contributed by atoms with Gasteiger partial charge in [-0.3, -0.25) is 24.0 Å². The molecule has 0 spiro atoms. The lowest BCUT2D eigenvalue weighted by molar-refractivity contribution is -0.139.